The van der Waals surface area contributed by atoms with Crippen LogP contribution in [0.3, 0.4) is 0 Å². The summed E-state index contributed by atoms with van der Waals surface area (Å²) in [5.74, 6) is -0.171. The maximum atomic E-state index is 10.9. The quantitative estimate of drug-likeness (QED) is 0.715. The van der Waals surface area contributed by atoms with E-state index < -0.39 is 5.97 Å². The van der Waals surface area contributed by atoms with E-state index in [4.69, 9.17) is 10.8 Å². The van der Waals surface area contributed by atoms with Crippen molar-refractivity contribution in [2.45, 2.75) is 13.0 Å². The standard InChI is InChI=1S/C15H14N4O2/c16-11-4-1-5-12-14(11)18-15(10-3-2-7-17-9-10)19(12)8-6-13(20)21/h1-5,7,9H,6,8,16H2,(H,20,21). The van der Waals surface area contributed by atoms with Crippen molar-refractivity contribution in [1.82, 2.24) is 14.5 Å². The van der Waals surface area contributed by atoms with Crippen LogP contribution >= 0.6 is 0 Å². The molecular weight excluding hydrogens is 268 g/mol. The van der Waals surface area contributed by atoms with Gasteiger partial charge in [-0.25, -0.2) is 4.98 Å². The number of anilines is 1. The van der Waals surface area contributed by atoms with Gasteiger partial charge in [0.15, 0.2) is 0 Å². The molecule has 0 fully saturated rings. The molecule has 0 saturated heterocycles. The molecule has 21 heavy (non-hydrogen) atoms. The first-order valence-electron chi connectivity index (χ1n) is 6.54. The van der Waals surface area contributed by atoms with E-state index in [-0.39, 0.29) is 6.42 Å². The summed E-state index contributed by atoms with van der Waals surface area (Å²) in [4.78, 5) is 19.5. The molecule has 3 rings (SSSR count). The number of hydrogen-bond donors (Lipinski definition) is 2. The van der Waals surface area contributed by atoms with Crippen molar-refractivity contribution in [2.24, 2.45) is 0 Å². The minimum absolute atomic E-state index is 0.0214. The topological polar surface area (TPSA) is 94.0 Å². The van der Waals surface area contributed by atoms with E-state index in [1.807, 2.05) is 28.8 Å². The van der Waals surface area contributed by atoms with Gasteiger partial charge >= 0.3 is 5.97 Å². The number of imidazole rings is 1. The SMILES string of the molecule is Nc1cccc2c1nc(-c1cccnc1)n2CCC(=O)O. The molecule has 1 aromatic carbocycles. The lowest BCUT2D eigenvalue weighted by Crippen LogP contribution is -2.06. The van der Waals surface area contributed by atoms with Gasteiger partial charge < -0.3 is 15.4 Å². The summed E-state index contributed by atoms with van der Waals surface area (Å²) >= 11 is 0. The zero-order valence-electron chi connectivity index (χ0n) is 11.2. The van der Waals surface area contributed by atoms with Crippen LogP contribution in [0.15, 0.2) is 42.7 Å². The van der Waals surface area contributed by atoms with Crippen molar-refractivity contribution in [1.29, 1.82) is 0 Å². The summed E-state index contributed by atoms with van der Waals surface area (Å²) in [5, 5.41) is 8.93. The van der Waals surface area contributed by atoms with Crippen LogP contribution in [0.4, 0.5) is 5.69 Å². The number of nitrogens with two attached hydrogens (primary N) is 1. The van der Waals surface area contributed by atoms with Gasteiger partial charge in [-0.3, -0.25) is 9.78 Å². The van der Waals surface area contributed by atoms with Crippen molar-refractivity contribution in [3.63, 3.8) is 0 Å². The number of nitrogen functional groups attached to an aromatic ring is 1. The first kappa shape index (κ1) is 13.1. The Bertz CT molecular complexity index is 796. The first-order chi connectivity index (χ1) is 10.2. The second kappa shape index (κ2) is 5.24. The fraction of sp³-hybridized carbons (Fsp3) is 0.133. The van der Waals surface area contributed by atoms with Crippen LogP contribution in [0.1, 0.15) is 6.42 Å². The molecule has 0 amide bonds. The highest BCUT2D eigenvalue weighted by Crippen LogP contribution is 2.27. The normalized spacial score (nSPS) is 10.9. The number of hydrogen-bond acceptors (Lipinski definition) is 4. The van der Waals surface area contributed by atoms with Crippen molar-refractivity contribution in [3.8, 4) is 11.4 Å². The summed E-state index contributed by atoms with van der Waals surface area (Å²) in [7, 11) is 0. The Morgan fingerprint density at radius 3 is 2.86 bits per heavy atom. The van der Waals surface area contributed by atoms with Crippen LogP contribution in [0.2, 0.25) is 0 Å². The molecule has 2 heterocycles. The van der Waals surface area contributed by atoms with Gasteiger partial charge in [0.2, 0.25) is 0 Å². The highest BCUT2D eigenvalue weighted by atomic mass is 16.4. The molecule has 6 heteroatoms. The van der Waals surface area contributed by atoms with Crippen LogP contribution in [0.5, 0.6) is 0 Å². The number of aryl methyl sites for hydroxylation is 1. The number of carboxylic acid groups (broad SMARTS) is 1. The van der Waals surface area contributed by atoms with Crippen molar-refractivity contribution >= 4 is 22.7 Å². The van der Waals surface area contributed by atoms with Gasteiger partial charge in [-0.2, -0.15) is 0 Å². The average Bonchev–Trinajstić information content (AvgIpc) is 2.86. The van der Waals surface area contributed by atoms with Crippen LogP contribution in [-0.4, -0.2) is 25.6 Å². The van der Waals surface area contributed by atoms with Crippen molar-refractivity contribution < 1.29 is 9.90 Å². The van der Waals surface area contributed by atoms with Gasteiger partial charge in [-0.1, -0.05) is 6.07 Å². The number of para-hydroxylation sites is 1. The molecule has 0 bridgehead atoms. The Hall–Kier alpha value is -2.89. The zero-order chi connectivity index (χ0) is 14.8. The Kier molecular flexibility index (Phi) is 3.27. The second-order valence-electron chi connectivity index (χ2n) is 4.69. The van der Waals surface area contributed by atoms with Gasteiger partial charge in [0.1, 0.15) is 11.3 Å². The predicted molar refractivity (Wildman–Crippen MR) is 79.6 cm³/mol. The van der Waals surface area contributed by atoms with Crippen LogP contribution in [-0.2, 0) is 11.3 Å². The van der Waals surface area contributed by atoms with Gasteiger partial charge in [0.05, 0.1) is 17.6 Å². The minimum atomic E-state index is -0.849. The number of carboxylic acids is 1. The number of nitrogens with zero attached hydrogens (tertiary/aromatic N) is 3. The summed E-state index contributed by atoms with van der Waals surface area (Å²) in [6, 6.07) is 9.22. The molecule has 3 aromatic rings. The molecule has 6 nitrogen and oxygen atoms in total. The van der Waals surface area contributed by atoms with E-state index in [0.29, 0.717) is 23.6 Å². The van der Waals surface area contributed by atoms with Crippen LogP contribution < -0.4 is 5.73 Å². The molecule has 2 aromatic heterocycles. The fourth-order valence-corrected chi connectivity index (χ4v) is 2.32. The Morgan fingerprint density at radius 1 is 1.29 bits per heavy atom. The average molecular weight is 282 g/mol. The molecule has 0 radical (unpaired) electrons. The van der Waals surface area contributed by atoms with E-state index in [0.717, 1.165) is 11.1 Å². The third kappa shape index (κ3) is 2.43. The number of aliphatic carboxylic acids is 1. The minimum Gasteiger partial charge on any atom is -0.481 e. The van der Waals surface area contributed by atoms with E-state index in [1.54, 1.807) is 18.5 Å². The van der Waals surface area contributed by atoms with E-state index in [9.17, 15) is 4.79 Å². The molecule has 0 aliphatic carbocycles. The maximum absolute atomic E-state index is 10.9. The number of pyridine rings is 1. The van der Waals surface area contributed by atoms with E-state index in [1.165, 1.54) is 0 Å². The third-order valence-electron chi connectivity index (χ3n) is 3.28. The van der Waals surface area contributed by atoms with Crippen LogP contribution in [0, 0.1) is 0 Å². The summed E-state index contributed by atoms with van der Waals surface area (Å²) < 4.78 is 1.87. The summed E-state index contributed by atoms with van der Waals surface area (Å²) in [6.07, 6.45) is 3.41. The molecule has 0 spiro atoms. The van der Waals surface area contributed by atoms with E-state index in [2.05, 4.69) is 9.97 Å². The first-order valence-corrected chi connectivity index (χ1v) is 6.54. The number of carbonyl (C=O) groups is 1. The lowest BCUT2D eigenvalue weighted by atomic mass is 10.2. The lowest BCUT2D eigenvalue weighted by molar-refractivity contribution is -0.137. The number of rotatable bonds is 4. The molecule has 0 aliphatic heterocycles. The summed E-state index contributed by atoms with van der Waals surface area (Å²) in [6.45, 7) is 0.333. The Labute approximate surface area is 120 Å². The van der Waals surface area contributed by atoms with E-state index >= 15 is 0 Å². The molecule has 0 aliphatic rings. The van der Waals surface area contributed by atoms with Crippen LogP contribution in [0.25, 0.3) is 22.4 Å². The summed E-state index contributed by atoms with van der Waals surface area (Å²) in [5.41, 5.74) is 8.88. The smallest absolute Gasteiger partial charge is 0.305 e. The number of benzene rings is 1. The molecule has 0 atom stereocenters. The van der Waals surface area contributed by atoms with Gasteiger partial charge in [-0.15, -0.1) is 0 Å². The fourth-order valence-electron chi connectivity index (χ4n) is 2.32. The zero-order valence-corrected chi connectivity index (χ0v) is 11.2. The molecule has 3 N–H and O–H groups in total. The van der Waals surface area contributed by atoms with Gasteiger partial charge in [-0.05, 0) is 24.3 Å². The Morgan fingerprint density at radius 2 is 2.14 bits per heavy atom. The molecule has 0 saturated carbocycles. The largest absolute Gasteiger partial charge is 0.481 e. The van der Waals surface area contributed by atoms with Crippen molar-refractivity contribution in [3.05, 3.63) is 42.7 Å². The molecule has 106 valence electrons. The predicted octanol–water partition coefficient (Wildman–Crippen LogP) is 2.16. The second-order valence-corrected chi connectivity index (χ2v) is 4.69. The van der Waals surface area contributed by atoms with Gasteiger partial charge in [0, 0.05) is 24.5 Å². The maximum Gasteiger partial charge on any atom is 0.305 e. The molecule has 0 unspecified atom stereocenters. The number of aromatic nitrogens is 3. The third-order valence-corrected chi connectivity index (χ3v) is 3.28. The van der Waals surface area contributed by atoms with Crippen molar-refractivity contribution in [2.75, 3.05) is 5.73 Å². The number of fused-ring (bicyclic) bond motifs is 1. The highest BCUT2D eigenvalue weighted by Gasteiger charge is 2.15. The highest BCUT2D eigenvalue weighted by molar-refractivity contribution is 5.90. The molecular formula is C15H14N4O2. The Balaban J connectivity index is 2.20. The monoisotopic (exact) mass is 282 g/mol. The lowest BCUT2D eigenvalue weighted by Gasteiger charge is -2.07. The van der Waals surface area contributed by atoms with Gasteiger partial charge in [0.25, 0.3) is 0 Å².